The summed E-state index contributed by atoms with van der Waals surface area (Å²) in [5, 5.41) is 8.68. The Labute approximate surface area is 246 Å². The van der Waals surface area contributed by atoms with E-state index in [2.05, 4.69) is 16.0 Å². The molecule has 0 radical (unpaired) electrons. The smallest absolute Gasteiger partial charge is 0.243 e. The van der Waals surface area contributed by atoms with Crippen LogP contribution < -0.4 is 30.2 Å². The number of amides is 3. The molecule has 0 saturated carbocycles. The predicted octanol–water partition coefficient (Wildman–Crippen LogP) is 3.86. The highest BCUT2D eigenvalue weighted by Crippen LogP contribution is 2.37. The average molecular weight is 580 g/mol. The van der Waals surface area contributed by atoms with Gasteiger partial charge in [-0.25, -0.2) is 0 Å². The number of Topliss-reactive ketones (excluding diaryl/α,β-unsaturated/α-hetero) is 1. The number of hydrogen-bond acceptors (Lipinski definition) is 7. The van der Waals surface area contributed by atoms with Gasteiger partial charge in [0.05, 0.1) is 7.11 Å². The van der Waals surface area contributed by atoms with Crippen LogP contribution in [0.4, 0.5) is 0 Å². The Morgan fingerprint density at radius 1 is 0.905 bits per heavy atom. The maximum atomic E-state index is 13.5. The summed E-state index contributed by atoms with van der Waals surface area (Å²) in [6.07, 6.45) is 1.14. The van der Waals surface area contributed by atoms with Crippen LogP contribution in [0.2, 0.25) is 0 Å². The van der Waals surface area contributed by atoms with Crippen molar-refractivity contribution in [2.24, 2.45) is 11.8 Å². The number of carbonyl (C=O) groups is 4. The summed E-state index contributed by atoms with van der Waals surface area (Å²) in [6, 6.07) is 9.14. The molecule has 10 nitrogen and oxygen atoms in total. The van der Waals surface area contributed by atoms with Crippen molar-refractivity contribution in [3.63, 3.8) is 0 Å². The van der Waals surface area contributed by atoms with E-state index in [1.54, 1.807) is 31.4 Å². The second-order valence-electron chi connectivity index (χ2n) is 11.8. The minimum atomic E-state index is -0.823. The van der Waals surface area contributed by atoms with Gasteiger partial charge in [0.15, 0.2) is 17.3 Å². The van der Waals surface area contributed by atoms with Gasteiger partial charge in [0.2, 0.25) is 24.5 Å². The number of hydrogen-bond donors (Lipinski definition) is 3. The lowest BCUT2D eigenvalue weighted by Gasteiger charge is -2.25. The number of nitrogens with one attached hydrogen (secondary N) is 3. The Hall–Kier alpha value is -4.08. The molecular formula is C32H41N3O7. The van der Waals surface area contributed by atoms with Crippen LogP contribution in [0.25, 0.3) is 0 Å². The molecule has 0 aromatic heterocycles. The van der Waals surface area contributed by atoms with Crippen LogP contribution in [0.5, 0.6) is 17.2 Å². The summed E-state index contributed by atoms with van der Waals surface area (Å²) in [7, 11) is 1.56. The summed E-state index contributed by atoms with van der Waals surface area (Å²) in [4.78, 5) is 52.4. The zero-order valence-corrected chi connectivity index (χ0v) is 25.0. The lowest BCUT2D eigenvalue weighted by Crippen LogP contribution is -2.54. The molecule has 1 unspecified atom stereocenters. The number of benzene rings is 2. The molecule has 0 saturated heterocycles. The third-order valence-electron chi connectivity index (χ3n) is 7.47. The van der Waals surface area contributed by atoms with Gasteiger partial charge >= 0.3 is 0 Å². The fraction of sp³-hybridized carbons (Fsp3) is 0.500. The molecule has 0 spiro atoms. The number of ketones is 1. The maximum absolute atomic E-state index is 13.5. The van der Waals surface area contributed by atoms with Gasteiger partial charge < -0.3 is 30.2 Å². The van der Waals surface area contributed by atoms with Crippen LogP contribution in [-0.2, 0) is 20.9 Å². The van der Waals surface area contributed by atoms with Crippen molar-refractivity contribution in [1.29, 1.82) is 0 Å². The van der Waals surface area contributed by atoms with Gasteiger partial charge in [-0.05, 0) is 66.1 Å². The van der Waals surface area contributed by atoms with E-state index < -0.39 is 18.0 Å². The van der Waals surface area contributed by atoms with E-state index in [9.17, 15) is 19.2 Å². The van der Waals surface area contributed by atoms with Gasteiger partial charge in [0.1, 0.15) is 17.8 Å². The van der Waals surface area contributed by atoms with Gasteiger partial charge in [0.25, 0.3) is 0 Å². The molecule has 3 atom stereocenters. The molecule has 1 aliphatic heterocycles. The summed E-state index contributed by atoms with van der Waals surface area (Å²) in [5.41, 5.74) is 2.24. The van der Waals surface area contributed by atoms with E-state index in [4.69, 9.17) is 14.2 Å². The van der Waals surface area contributed by atoms with Crippen LogP contribution in [0.1, 0.15) is 80.8 Å². The Bertz CT molecular complexity index is 1320. The first-order valence-electron chi connectivity index (χ1n) is 14.5. The topological polar surface area (TPSA) is 132 Å². The van der Waals surface area contributed by atoms with E-state index in [0.717, 1.165) is 11.1 Å². The fourth-order valence-electron chi connectivity index (χ4n) is 5.40. The summed E-state index contributed by atoms with van der Waals surface area (Å²) < 4.78 is 16.1. The highest BCUT2D eigenvalue weighted by molar-refractivity contribution is 6.02. The molecule has 1 aliphatic carbocycles. The first-order chi connectivity index (χ1) is 20.0. The van der Waals surface area contributed by atoms with Crippen LogP contribution >= 0.6 is 0 Å². The molecule has 4 rings (SSSR count). The minimum absolute atomic E-state index is 0.00906. The molecule has 3 amide bonds. The van der Waals surface area contributed by atoms with E-state index in [1.165, 1.54) is 0 Å². The van der Waals surface area contributed by atoms with E-state index in [0.29, 0.717) is 35.7 Å². The standard InChI is InChI=1S/C32H41N3O7/c1-18(2)10-25(31(38)33-16-20-6-9-28-29(12-20)42-17-41-28)35-32(39)26(11-19(3)4)34-30(37)14-21-13-27(36)23-8-7-22(40-5)15-24(21)23/h6-9,12,15,18-19,21,25-26H,10-11,13-14,16-17H2,1-5H3,(H,33,38)(H,34,37)(H,35,39)/t21?,25-,26+/m1/s1. The van der Waals surface area contributed by atoms with Crippen molar-refractivity contribution in [3.05, 3.63) is 53.1 Å². The number of rotatable bonds is 13. The van der Waals surface area contributed by atoms with Crippen molar-refractivity contribution in [2.45, 2.75) is 77.9 Å². The molecule has 1 heterocycles. The van der Waals surface area contributed by atoms with Gasteiger partial charge in [0, 0.05) is 30.9 Å². The highest BCUT2D eigenvalue weighted by Gasteiger charge is 2.33. The number of ether oxygens (including phenoxy) is 3. The van der Waals surface area contributed by atoms with Gasteiger partial charge in [-0.2, -0.15) is 0 Å². The number of carbonyl (C=O) groups excluding carboxylic acids is 4. The highest BCUT2D eigenvalue weighted by atomic mass is 16.7. The molecule has 3 N–H and O–H groups in total. The summed E-state index contributed by atoms with van der Waals surface area (Å²) >= 11 is 0. The van der Waals surface area contributed by atoms with E-state index >= 15 is 0 Å². The first-order valence-corrected chi connectivity index (χ1v) is 14.5. The molecule has 0 fully saturated rings. The molecule has 10 heteroatoms. The zero-order valence-electron chi connectivity index (χ0n) is 25.0. The van der Waals surface area contributed by atoms with Gasteiger partial charge in [-0.3, -0.25) is 19.2 Å². The second-order valence-corrected chi connectivity index (χ2v) is 11.8. The molecule has 2 aromatic rings. The maximum Gasteiger partial charge on any atom is 0.243 e. The largest absolute Gasteiger partial charge is 0.497 e. The van der Waals surface area contributed by atoms with Crippen molar-refractivity contribution in [2.75, 3.05) is 13.9 Å². The Morgan fingerprint density at radius 2 is 1.60 bits per heavy atom. The average Bonchev–Trinajstić information content (AvgIpc) is 3.53. The quantitative estimate of drug-likeness (QED) is 0.328. The number of fused-ring (bicyclic) bond motifs is 2. The minimum Gasteiger partial charge on any atom is -0.497 e. The Morgan fingerprint density at radius 3 is 2.29 bits per heavy atom. The lowest BCUT2D eigenvalue weighted by molar-refractivity contribution is -0.132. The van der Waals surface area contributed by atoms with Crippen LogP contribution in [-0.4, -0.2) is 49.5 Å². The Balaban J connectivity index is 1.39. The molecular weight excluding hydrogens is 538 g/mol. The molecule has 226 valence electrons. The second kappa shape index (κ2) is 13.7. The third-order valence-corrected chi connectivity index (χ3v) is 7.47. The Kier molecular flexibility index (Phi) is 10.1. The molecule has 0 bridgehead atoms. The fourth-order valence-corrected chi connectivity index (χ4v) is 5.40. The lowest BCUT2D eigenvalue weighted by atomic mass is 9.96. The molecule has 42 heavy (non-hydrogen) atoms. The SMILES string of the molecule is COc1ccc2c(c1)C(CC(=O)N[C@@H](CC(C)C)C(=O)N[C@H](CC(C)C)C(=O)NCc1ccc3c(c1)OCO3)CC2=O. The monoisotopic (exact) mass is 579 g/mol. The normalized spacial score (nSPS) is 16.6. The molecule has 2 aromatic carbocycles. The first kappa shape index (κ1) is 30.9. The van der Waals surface area contributed by atoms with Crippen molar-refractivity contribution in [1.82, 2.24) is 16.0 Å². The van der Waals surface area contributed by atoms with Crippen molar-refractivity contribution in [3.8, 4) is 17.2 Å². The van der Waals surface area contributed by atoms with Gasteiger partial charge in [-0.15, -0.1) is 0 Å². The van der Waals surface area contributed by atoms with Gasteiger partial charge in [-0.1, -0.05) is 33.8 Å². The van der Waals surface area contributed by atoms with Crippen molar-refractivity contribution >= 4 is 23.5 Å². The van der Waals surface area contributed by atoms with Crippen molar-refractivity contribution < 1.29 is 33.4 Å². The number of methoxy groups -OCH3 is 1. The summed E-state index contributed by atoms with van der Waals surface area (Å²) in [5.74, 6) is 0.832. The summed E-state index contributed by atoms with van der Waals surface area (Å²) in [6.45, 7) is 8.32. The van der Waals surface area contributed by atoms with E-state index in [1.807, 2.05) is 39.8 Å². The zero-order chi connectivity index (χ0) is 30.4. The predicted molar refractivity (Wildman–Crippen MR) is 156 cm³/mol. The van der Waals surface area contributed by atoms with Crippen LogP contribution in [0.15, 0.2) is 36.4 Å². The van der Waals surface area contributed by atoms with Crippen LogP contribution in [0.3, 0.4) is 0 Å². The van der Waals surface area contributed by atoms with E-state index in [-0.39, 0.29) is 61.5 Å². The third kappa shape index (κ3) is 7.80. The molecule has 2 aliphatic rings. The van der Waals surface area contributed by atoms with Crippen LogP contribution in [0, 0.1) is 11.8 Å².